The summed E-state index contributed by atoms with van der Waals surface area (Å²) in [4.78, 5) is 0. The van der Waals surface area contributed by atoms with Crippen LogP contribution < -0.4 is 0 Å². The Labute approximate surface area is 90.9 Å². The van der Waals surface area contributed by atoms with Gasteiger partial charge in [0.15, 0.2) is 0 Å². The zero-order valence-corrected chi connectivity index (χ0v) is 9.63. The smallest absolute Gasteiger partial charge is 0.123 e. The van der Waals surface area contributed by atoms with E-state index in [0.717, 1.165) is 17.5 Å². The van der Waals surface area contributed by atoms with Gasteiger partial charge in [-0.25, -0.2) is 4.39 Å². The molecule has 84 valence electrons. The Kier molecular flexibility index (Phi) is 4.28. The van der Waals surface area contributed by atoms with Crippen molar-refractivity contribution in [3.8, 4) is 0 Å². The number of rotatable bonds is 4. The second-order valence-electron chi connectivity index (χ2n) is 4.56. The van der Waals surface area contributed by atoms with Crippen LogP contribution in [0.25, 0.3) is 0 Å². The van der Waals surface area contributed by atoms with Crippen LogP contribution in [0.1, 0.15) is 31.4 Å². The number of aryl methyl sites for hydroxylation is 1. The summed E-state index contributed by atoms with van der Waals surface area (Å²) in [6, 6.07) is 4.72. The summed E-state index contributed by atoms with van der Waals surface area (Å²) in [6.45, 7) is 6.04. The molecule has 1 atom stereocenters. The van der Waals surface area contributed by atoms with Gasteiger partial charge in [0.25, 0.3) is 0 Å². The van der Waals surface area contributed by atoms with E-state index in [0.29, 0.717) is 12.3 Å². The first-order valence-electron chi connectivity index (χ1n) is 5.42. The molecule has 1 N–H and O–H groups in total. The van der Waals surface area contributed by atoms with E-state index in [2.05, 4.69) is 13.8 Å². The molecule has 0 aliphatic heterocycles. The molecule has 0 aliphatic carbocycles. The Morgan fingerprint density at radius 2 is 2.00 bits per heavy atom. The minimum absolute atomic E-state index is 0.213. The van der Waals surface area contributed by atoms with Crippen molar-refractivity contribution >= 4 is 0 Å². The molecule has 0 bridgehead atoms. The van der Waals surface area contributed by atoms with Gasteiger partial charge in [-0.3, -0.25) is 0 Å². The minimum atomic E-state index is -0.325. The van der Waals surface area contributed by atoms with Crippen molar-refractivity contribution < 1.29 is 9.50 Å². The Balaban J connectivity index is 2.64. The lowest BCUT2D eigenvalue weighted by Crippen LogP contribution is -2.14. The maximum absolute atomic E-state index is 12.8. The largest absolute Gasteiger partial charge is 0.393 e. The van der Waals surface area contributed by atoms with Crippen molar-refractivity contribution in [2.75, 3.05) is 0 Å². The molecule has 2 heteroatoms. The maximum Gasteiger partial charge on any atom is 0.123 e. The van der Waals surface area contributed by atoms with Crippen LogP contribution in [0.3, 0.4) is 0 Å². The second kappa shape index (κ2) is 5.26. The number of benzene rings is 1. The molecule has 0 saturated heterocycles. The fourth-order valence-corrected chi connectivity index (χ4v) is 1.77. The van der Waals surface area contributed by atoms with Crippen molar-refractivity contribution in [2.24, 2.45) is 5.92 Å². The molecule has 0 aliphatic rings. The van der Waals surface area contributed by atoms with Crippen LogP contribution in [0, 0.1) is 18.7 Å². The van der Waals surface area contributed by atoms with E-state index in [1.807, 2.05) is 6.92 Å². The monoisotopic (exact) mass is 210 g/mol. The predicted octanol–water partition coefficient (Wildman–Crippen LogP) is 3.08. The Morgan fingerprint density at radius 1 is 1.33 bits per heavy atom. The normalized spacial score (nSPS) is 13.2. The highest BCUT2D eigenvalue weighted by Gasteiger charge is 2.09. The van der Waals surface area contributed by atoms with Gasteiger partial charge in [-0.2, -0.15) is 0 Å². The van der Waals surface area contributed by atoms with E-state index < -0.39 is 0 Å². The number of aliphatic hydroxyl groups is 1. The van der Waals surface area contributed by atoms with E-state index >= 15 is 0 Å². The van der Waals surface area contributed by atoms with Gasteiger partial charge in [0, 0.05) is 0 Å². The van der Waals surface area contributed by atoms with Crippen LogP contribution in [0.5, 0.6) is 0 Å². The van der Waals surface area contributed by atoms with Crippen LogP contribution in [-0.2, 0) is 6.42 Å². The summed E-state index contributed by atoms with van der Waals surface area (Å²) in [7, 11) is 0. The first-order valence-corrected chi connectivity index (χ1v) is 5.42. The maximum atomic E-state index is 12.8. The first kappa shape index (κ1) is 12.2. The van der Waals surface area contributed by atoms with E-state index in [-0.39, 0.29) is 11.9 Å². The van der Waals surface area contributed by atoms with Crippen molar-refractivity contribution in [3.63, 3.8) is 0 Å². The SMILES string of the molecule is Cc1cc(F)ccc1CC(O)CC(C)C. The van der Waals surface area contributed by atoms with E-state index in [1.54, 1.807) is 6.07 Å². The number of hydrogen-bond donors (Lipinski definition) is 1. The molecule has 0 saturated carbocycles. The third-order valence-corrected chi connectivity index (χ3v) is 2.50. The summed E-state index contributed by atoms with van der Waals surface area (Å²) in [5.74, 6) is 0.273. The van der Waals surface area contributed by atoms with Crippen LogP contribution in [0.4, 0.5) is 4.39 Å². The minimum Gasteiger partial charge on any atom is -0.393 e. The van der Waals surface area contributed by atoms with Gasteiger partial charge in [0.1, 0.15) is 5.82 Å². The van der Waals surface area contributed by atoms with Crippen LogP contribution in [0.2, 0.25) is 0 Å². The lowest BCUT2D eigenvalue weighted by Gasteiger charge is -2.14. The van der Waals surface area contributed by atoms with Crippen LogP contribution >= 0.6 is 0 Å². The highest BCUT2D eigenvalue weighted by Crippen LogP contribution is 2.15. The number of aliphatic hydroxyl groups excluding tert-OH is 1. The molecule has 0 fully saturated rings. The summed E-state index contributed by atoms with van der Waals surface area (Å²) in [5.41, 5.74) is 1.95. The summed E-state index contributed by atoms with van der Waals surface area (Å²) in [6.07, 6.45) is 1.08. The van der Waals surface area contributed by atoms with Gasteiger partial charge in [0.05, 0.1) is 6.10 Å². The van der Waals surface area contributed by atoms with Gasteiger partial charge < -0.3 is 5.11 Å². The summed E-state index contributed by atoms with van der Waals surface area (Å²) >= 11 is 0. The quantitative estimate of drug-likeness (QED) is 0.809. The average molecular weight is 210 g/mol. The Hall–Kier alpha value is -0.890. The fraction of sp³-hybridized carbons (Fsp3) is 0.538. The fourth-order valence-electron chi connectivity index (χ4n) is 1.77. The molecule has 0 amide bonds. The van der Waals surface area contributed by atoms with E-state index in [1.165, 1.54) is 12.1 Å². The summed E-state index contributed by atoms with van der Waals surface area (Å²) < 4.78 is 12.8. The number of halogens is 1. The molecule has 1 aromatic rings. The standard InChI is InChI=1S/C13H19FO/c1-9(2)6-13(15)8-11-4-5-12(14)7-10(11)3/h4-5,7,9,13,15H,6,8H2,1-3H3. The van der Waals surface area contributed by atoms with Gasteiger partial charge in [0.2, 0.25) is 0 Å². The van der Waals surface area contributed by atoms with Gasteiger partial charge in [-0.15, -0.1) is 0 Å². The van der Waals surface area contributed by atoms with E-state index in [4.69, 9.17) is 0 Å². The molecule has 1 aromatic carbocycles. The van der Waals surface area contributed by atoms with Crippen LogP contribution in [-0.4, -0.2) is 11.2 Å². The van der Waals surface area contributed by atoms with Crippen molar-refractivity contribution in [2.45, 2.75) is 39.7 Å². The molecule has 1 rings (SSSR count). The molecular weight excluding hydrogens is 191 g/mol. The Bertz CT molecular complexity index is 320. The van der Waals surface area contributed by atoms with Crippen molar-refractivity contribution in [3.05, 3.63) is 35.1 Å². The van der Waals surface area contributed by atoms with Crippen molar-refractivity contribution in [1.29, 1.82) is 0 Å². The zero-order chi connectivity index (χ0) is 11.4. The third kappa shape index (κ3) is 4.00. The number of hydrogen-bond acceptors (Lipinski definition) is 1. The Morgan fingerprint density at radius 3 is 2.53 bits per heavy atom. The van der Waals surface area contributed by atoms with Crippen molar-refractivity contribution in [1.82, 2.24) is 0 Å². The first-order chi connectivity index (χ1) is 6.99. The molecular formula is C13H19FO. The summed E-state index contributed by atoms with van der Waals surface area (Å²) in [5, 5.41) is 9.77. The molecule has 0 radical (unpaired) electrons. The molecule has 0 aromatic heterocycles. The molecule has 1 nitrogen and oxygen atoms in total. The predicted molar refractivity (Wildman–Crippen MR) is 60.3 cm³/mol. The highest BCUT2D eigenvalue weighted by atomic mass is 19.1. The second-order valence-corrected chi connectivity index (χ2v) is 4.56. The lowest BCUT2D eigenvalue weighted by molar-refractivity contribution is 0.149. The van der Waals surface area contributed by atoms with Gasteiger partial charge in [-0.05, 0) is 48.9 Å². The average Bonchev–Trinajstić information content (AvgIpc) is 2.08. The third-order valence-electron chi connectivity index (χ3n) is 2.50. The molecule has 0 heterocycles. The van der Waals surface area contributed by atoms with Gasteiger partial charge >= 0.3 is 0 Å². The molecule has 0 spiro atoms. The molecule has 15 heavy (non-hydrogen) atoms. The zero-order valence-electron chi connectivity index (χ0n) is 9.63. The lowest BCUT2D eigenvalue weighted by atomic mass is 9.97. The van der Waals surface area contributed by atoms with Gasteiger partial charge in [-0.1, -0.05) is 19.9 Å². The topological polar surface area (TPSA) is 20.2 Å². The molecule has 1 unspecified atom stereocenters. The van der Waals surface area contributed by atoms with E-state index in [9.17, 15) is 9.50 Å². The highest BCUT2D eigenvalue weighted by molar-refractivity contribution is 5.27. The van der Waals surface area contributed by atoms with Crippen LogP contribution in [0.15, 0.2) is 18.2 Å².